The first-order valence-corrected chi connectivity index (χ1v) is 7.12. The summed E-state index contributed by atoms with van der Waals surface area (Å²) in [7, 11) is 0. The Kier molecular flexibility index (Phi) is 7.64. The number of halogens is 2. The lowest BCUT2D eigenvalue weighted by molar-refractivity contribution is 0.956. The van der Waals surface area contributed by atoms with E-state index in [1.807, 2.05) is 43.5 Å². The van der Waals surface area contributed by atoms with Crippen molar-refractivity contribution >= 4 is 45.5 Å². The number of benzene rings is 1. The van der Waals surface area contributed by atoms with E-state index in [4.69, 9.17) is 0 Å². The van der Waals surface area contributed by atoms with E-state index in [9.17, 15) is 0 Å². The number of para-hydroxylation sites is 1. The van der Waals surface area contributed by atoms with Crippen LogP contribution in [0.1, 0.15) is 11.4 Å². The molecule has 0 spiro atoms. The van der Waals surface area contributed by atoms with Crippen molar-refractivity contribution in [2.24, 2.45) is 4.99 Å². The predicted molar refractivity (Wildman–Crippen MR) is 100 cm³/mol. The smallest absolute Gasteiger partial charge is 0.223 e. The third-order valence-electron chi connectivity index (χ3n) is 2.83. The highest BCUT2D eigenvalue weighted by Crippen LogP contribution is 2.10. The van der Waals surface area contributed by atoms with Crippen molar-refractivity contribution in [2.75, 3.05) is 0 Å². The molecule has 0 saturated heterocycles. The molecule has 22 heavy (non-hydrogen) atoms. The molecule has 0 N–H and O–H groups in total. The molecule has 3 rings (SSSR count). The fourth-order valence-corrected chi connectivity index (χ4v) is 2.73. The molecule has 0 saturated carbocycles. The van der Waals surface area contributed by atoms with Crippen LogP contribution < -0.4 is 4.80 Å². The number of hydrogen-bond donors (Lipinski definition) is 0. The lowest BCUT2D eigenvalue weighted by Crippen LogP contribution is -1.99. The first-order valence-electron chi connectivity index (χ1n) is 6.35. The van der Waals surface area contributed by atoms with Gasteiger partial charge in [0.1, 0.15) is 5.82 Å². The predicted octanol–water partition coefficient (Wildman–Crippen LogP) is 3.89. The monoisotopic (exact) mass is 442 g/mol. The van der Waals surface area contributed by atoms with Crippen LogP contribution in [0.15, 0.2) is 59.9 Å². The minimum absolute atomic E-state index is 0. The maximum Gasteiger partial charge on any atom is 0.223 e. The Hall–Kier alpha value is -1.31. The fraction of sp³-hybridized carbons (Fsp3) is 0.133. The fourth-order valence-electron chi connectivity index (χ4n) is 1.87. The summed E-state index contributed by atoms with van der Waals surface area (Å²) >= 11 is 1.55. The second kappa shape index (κ2) is 8.97. The number of aryl methyl sites for hydroxylation is 1. The first kappa shape index (κ1) is 18.7. The van der Waals surface area contributed by atoms with Gasteiger partial charge in [-0.15, -0.1) is 34.0 Å². The van der Waals surface area contributed by atoms with Crippen molar-refractivity contribution in [3.63, 3.8) is 0 Å². The summed E-state index contributed by atoms with van der Waals surface area (Å²) in [5.74, 6) is 0.950. The Bertz CT molecular complexity index is 754. The largest absolute Gasteiger partial charge is 0.264 e. The lowest BCUT2D eigenvalue weighted by Gasteiger charge is -2.00. The molecule has 0 amide bonds. The second-order valence-electron chi connectivity index (χ2n) is 4.34. The van der Waals surface area contributed by atoms with Gasteiger partial charge < -0.3 is 0 Å². The highest BCUT2D eigenvalue weighted by molar-refractivity contribution is 8.93. The van der Waals surface area contributed by atoms with Crippen LogP contribution in [0.25, 0.3) is 5.69 Å². The summed E-state index contributed by atoms with van der Waals surface area (Å²) in [6.07, 6.45) is 3.59. The number of aromatic nitrogens is 3. The van der Waals surface area contributed by atoms with E-state index >= 15 is 0 Å². The molecule has 0 bridgehead atoms. The Balaban J connectivity index is 0.00000121. The molecule has 0 aliphatic rings. The van der Waals surface area contributed by atoms with Gasteiger partial charge in [-0.25, -0.2) is 4.98 Å². The maximum atomic E-state index is 4.53. The molecule has 0 unspecified atom stereocenters. The highest BCUT2D eigenvalue weighted by atomic mass is 79.9. The Labute approximate surface area is 154 Å². The molecule has 0 fully saturated rings. The van der Waals surface area contributed by atoms with E-state index in [-0.39, 0.29) is 34.0 Å². The molecule has 2 heterocycles. The van der Waals surface area contributed by atoms with E-state index in [0.29, 0.717) is 6.54 Å². The van der Waals surface area contributed by atoms with Gasteiger partial charge in [0.25, 0.3) is 0 Å². The lowest BCUT2D eigenvalue weighted by atomic mass is 10.3. The van der Waals surface area contributed by atoms with Gasteiger partial charge in [0.05, 0.1) is 12.2 Å². The Morgan fingerprint density at radius 1 is 1.09 bits per heavy atom. The highest BCUT2D eigenvalue weighted by Gasteiger charge is 2.03. The molecule has 0 atom stereocenters. The van der Waals surface area contributed by atoms with E-state index in [1.165, 1.54) is 0 Å². The molecular weight excluding hydrogens is 428 g/mol. The zero-order valence-corrected chi connectivity index (χ0v) is 16.2. The average Bonchev–Trinajstić information content (AvgIpc) is 2.88. The third-order valence-corrected chi connectivity index (χ3v) is 3.88. The van der Waals surface area contributed by atoms with Gasteiger partial charge in [-0.2, -0.15) is 0 Å². The summed E-state index contributed by atoms with van der Waals surface area (Å²) in [6.45, 7) is 2.60. The summed E-state index contributed by atoms with van der Waals surface area (Å²) in [5, 5.41) is 0. The van der Waals surface area contributed by atoms with Gasteiger partial charge in [-0.3, -0.25) is 13.9 Å². The van der Waals surface area contributed by atoms with Crippen LogP contribution in [0.4, 0.5) is 0 Å². The van der Waals surface area contributed by atoms with Crippen molar-refractivity contribution in [3.05, 3.63) is 71.0 Å². The van der Waals surface area contributed by atoms with E-state index in [0.717, 1.165) is 21.9 Å². The van der Waals surface area contributed by atoms with Gasteiger partial charge in [0, 0.05) is 12.4 Å². The molecule has 0 radical (unpaired) electrons. The molecule has 0 aliphatic heterocycles. The van der Waals surface area contributed by atoms with Crippen LogP contribution in [0.3, 0.4) is 0 Å². The summed E-state index contributed by atoms with van der Waals surface area (Å²) in [5.41, 5.74) is 2.21. The van der Waals surface area contributed by atoms with Crippen LogP contribution in [0, 0.1) is 6.92 Å². The van der Waals surface area contributed by atoms with Crippen LogP contribution in [-0.4, -0.2) is 13.9 Å². The maximum absolute atomic E-state index is 4.53. The molecule has 1 aromatic carbocycles. The van der Waals surface area contributed by atoms with Gasteiger partial charge in [0.15, 0.2) is 0 Å². The van der Waals surface area contributed by atoms with Crippen LogP contribution in [0.5, 0.6) is 0 Å². The summed E-state index contributed by atoms with van der Waals surface area (Å²) in [6, 6.07) is 14.1. The standard InChI is InChI=1S/C15H14N4S.2BrH/c1-12-18-15(17-11-13-6-5-9-16-10-13)20-19(12)14-7-3-2-4-8-14;;/h2-10H,11H2,1H3;2*1H. The third kappa shape index (κ3) is 4.59. The van der Waals surface area contributed by atoms with E-state index < -0.39 is 0 Å². The van der Waals surface area contributed by atoms with Crippen LogP contribution >= 0.6 is 45.5 Å². The van der Waals surface area contributed by atoms with Crippen molar-refractivity contribution in [2.45, 2.75) is 13.5 Å². The van der Waals surface area contributed by atoms with Gasteiger partial charge >= 0.3 is 0 Å². The molecule has 0 aliphatic carbocycles. The van der Waals surface area contributed by atoms with Crippen molar-refractivity contribution < 1.29 is 0 Å². The van der Waals surface area contributed by atoms with Crippen molar-refractivity contribution in [1.29, 1.82) is 0 Å². The number of hydrogen-bond acceptors (Lipinski definition) is 4. The Morgan fingerprint density at radius 3 is 2.55 bits per heavy atom. The minimum atomic E-state index is 0. The number of pyridine rings is 1. The van der Waals surface area contributed by atoms with E-state index in [2.05, 4.69) is 31.0 Å². The minimum Gasteiger partial charge on any atom is -0.264 e. The average molecular weight is 444 g/mol. The van der Waals surface area contributed by atoms with Gasteiger partial charge in [-0.1, -0.05) is 24.3 Å². The molecule has 2 aromatic heterocycles. The van der Waals surface area contributed by atoms with E-state index in [1.54, 1.807) is 17.7 Å². The Morgan fingerprint density at radius 2 is 1.86 bits per heavy atom. The summed E-state index contributed by atoms with van der Waals surface area (Å²) < 4.78 is 2.09. The molecule has 116 valence electrons. The first-order chi connectivity index (χ1) is 9.83. The van der Waals surface area contributed by atoms with Crippen molar-refractivity contribution in [1.82, 2.24) is 13.9 Å². The number of nitrogens with zero attached hydrogens (tertiary/aromatic N) is 4. The summed E-state index contributed by atoms with van der Waals surface area (Å²) in [4.78, 5) is 13.9. The molecule has 4 nitrogen and oxygen atoms in total. The quantitative estimate of drug-likeness (QED) is 0.616. The van der Waals surface area contributed by atoms with Gasteiger partial charge in [0.2, 0.25) is 4.80 Å². The second-order valence-corrected chi connectivity index (χ2v) is 5.25. The molecule has 3 aromatic rings. The normalized spacial score (nSPS) is 10.7. The zero-order chi connectivity index (χ0) is 13.8. The number of rotatable bonds is 3. The molecule has 7 heteroatoms. The molecular formula is C15H16Br2N4S. The zero-order valence-electron chi connectivity index (χ0n) is 11.9. The van der Waals surface area contributed by atoms with Crippen molar-refractivity contribution in [3.8, 4) is 5.69 Å². The van der Waals surface area contributed by atoms with Crippen LogP contribution in [0.2, 0.25) is 0 Å². The van der Waals surface area contributed by atoms with Gasteiger partial charge in [-0.05, 0) is 42.2 Å². The SMILES string of the molecule is Br.Br.Cc1nc(=NCc2cccnc2)sn1-c1ccccc1. The van der Waals surface area contributed by atoms with Crippen LogP contribution in [-0.2, 0) is 6.54 Å². The topological polar surface area (TPSA) is 43.1 Å².